The van der Waals surface area contributed by atoms with Gasteiger partial charge in [0.1, 0.15) is 0 Å². The number of nitriles is 1. The van der Waals surface area contributed by atoms with Crippen molar-refractivity contribution in [2.24, 2.45) is 0 Å². The summed E-state index contributed by atoms with van der Waals surface area (Å²) in [5.74, 6) is 0. The number of benzene rings is 1. The third-order valence-electron chi connectivity index (χ3n) is 0.935. The van der Waals surface area contributed by atoms with E-state index in [1.54, 1.807) is 18.3 Å². The maximum absolute atomic E-state index is 8.10. The number of para-hydroxylation sites is 1. The van der Waals surface area contributed by atoms with E-state index in [4.69, 9.17) is 5.26 Å². The van der Waals surface area contributed by atoms with Gasteiger partial charge in [-0.1, -0.05) is 36.5 Å². The summed E-state index contributed by atoms with van der Waals surface area (Å²) in [5.41, 5.74) is 0.708. The van der Waals surface area contributed by atoms with Crippen LogP contribution >= 0.6 is 19.7 Å². The van der Waals surface area contributed by atoms with Gasteiger partial charge in [-0.15, -0.1) is 0 Å². The Morgan fingerprint density at radius 1 is 1.27 bits per heavy atom. The Morgan fingerprint density at radius 2 is 1.82 bits per heavy atom. The van der Waals surface area contributed by atoms with Crippen LogP contribution < -0.4 is 0 Å². The zero-order valence-corrected chi connectivity index (χ0v) is 10.2. The standard InChI is InChI=1S/C7H5N2.HI.Os/c8-6-9-7-4-2-1-3-5-7;;/h1-5H;1H;/q-1;;+1/p-1. The molecule has 1 aromatic rings. The fourth-order valence-electron chi connectivity index (χ4n) is 0.560. The molecular weight excluding hydrogens is 429 g/mol. The summed E-state index contributed by atoms with van der Waals surface area (Å²) < 4.78 is 0. The van der Waals surface area contributed by atoms with Crippen LogP contribution in [0.15, 0.2) is 30.3 Å². The van der Waals surface area contributed by atoms with Gasteiger partial charge in [-0.3, -0.25) is 0 Å². The summed E-state index contributed by atoms with van der Waals surface area (Å²) >= 11 is 4.01. The predicted octanol–water partition coefficient (Wildman–Crippen LogP) is 3.06. The molecule has 0 aliphatic heterocycles. The Bertz CT molecular complexity index is 220. The van der Waals surface area contributed by atoms with Crippen LogP contribution in [0.1, 0.15) is 0 Å². The zero-order chi connectivity index (χ0) is 8.53. The first-order valence-electron chi connectivity index (χ1n) is 2.72. The molecule has 59 valence electrons. The van der Waals surface area contributed by atoms with Crippen molar-refractivity contribution in [2.45, 2.75) is 0 Å². The van der Waals surface area contributed by atoms with E-state index in [9.17, 15) is 0 Å². The third-order valence-corrected chi connectivity index (χ3v) is 0.935. The molecule has 0 N–H and O–H groups in total. The molecule has 0 radical (unpaired) electrons. The molecule has 1 rings (SSSR count). The van der Waals surface area contributed by atoms with E-state index in [1.165, 1.54) is 0 Å². The number of nitrogens with zero attached hydrogens (tertiary/aromatic N) is 2. The van der Waals surface area contributed by atoms with E-state index in [0.29, 0.717) is 5.69 Å². The molecule has 1 aromatic carbocycles. The molecule has 0 bridgehead atoms. The van der Waals surface area contributed by atoms with E-state index in [-0.39, 0.29) is 0 Å². The molecule has 0 atom stereocenters. The fraction of sp³-hybridized carbons (Fsp3) is 0. The van der Waals surface area contributed by atoms with Crippen LogP contribution in [0.4, 0.5) is 5.69 Å². The number of rotatable bonds is 1. The van der Waals surface area contributed by atoms with Crippen LogP contribution in [-0.4, -0.2) is 0 Å². The Labute approximate surface area is 87.0 Å². The summed E-state index contributed by atoms with van der Waals surface area (Å²) in [7, 11) is 0. The van der Waals surface area contributed by atoms with Gasteiger partial charge in [0.15, 0.2) is 0 Å². The molecule has 2 nitrogen and oxygen atoms in total. The van der Waals surface area contributed by atoms with Gasteiger partial charge < -0.3 is 10.6 Å². The summed E-state index contributed by atoms with van der Waals surface area (Å²) in [6, 6.07) is 9.13. The number of halogens is 1. The van der Waals surface area contributed by atoms with Crippen LogP contribution in [0, 0.1) is 11.5 Å². The van der Waals surface area contributed by atoms with Crippen molar-refractivity contribution < 1.29 is 15.1 Å². The van der Waals surface area contributed by atoms with E-state index >= 15 is 0 Å². The summed E-state index contributed by atoms with van der Waals surface area (Å²) in [6.45, 7) is 0. The monoisotopic (exact) mass is 436 g/mol. The van der Waals surface area contributed by atoms with E-state index in [0.717, 1.165) is 0 Å². The average Bonchev–Trinajstić information content (AvgIpc) is 2.11. The Balaban J connectivity index is 0.000000461. The van der Waals surface area contributed by atoms with Gasteiger partial charge in [-0.05, 0) is 5.69 Å². The number of hydrogen-bond donors (Lipinski definition) is 0. The van der Waals surface area contributed by atoms with E-state index < -0.39 is 0 Å². The maximum atomic E-state index is 8.10. The molecule has 11 heavy (non-hydrogen) atoms. The molecular formula is C7H5IN2Os-. The molecule has 0 unspecified atom stereocenters. The van der Waals surface area contributed by atoms with Crippen molar-refractivity contribution in [1.29, 1.82) is 5.26 Å². The molecule has 0 saturated carbocycles. The van der Waals surface area contributed by atoms with Gasteiger partial charge in [0, 0.05) is 0 Å². The number of hydrogen-bond acceptors (Lipinski definition) is 1. The van der Waals surface area contributed by atoms with E-state index in [2.05, 4.69) is 25.0 Å². The van der Waals surface area contributed by atoms with Gasteiger partial charge in [-0.25, -0.2) is 0 Å². The first-order valence-corrected chi connectivity index (χ1v) is 9.92. The normalized spacial score (nSPS) is 7.00. The summed E-state index contributed by atoms with van der Waals surface area (Å²) in [6.07, 6.45) is 1.71. The van der Waals surface area contributed by atoms with Crippen molar-refractivity contribution >= 4 is 25.4 Å². The van der Waals surface area contributed by atoms with Gasteiger partial charge in [0.2, 0.25) is 0 Å². The SMILES string of the molecule is N#C[N-]c1ccccc1.[I][Os]. The van der Waals surface area contributed by atoms with Gasteiger partial charge >= 0.3 is 34.7 Å². The first kappa shape index (κ1) is 10.9. The minimum absolute atomic E-state index is 0.708. The van der Waals surface area contributed by atoms with Crippen molar-refractivity contribution in [3.63, 3.8) is 0 Å². The van der Waals surface area contributed by atoms with Crippen molar-refractivity contribution in [2.75, 3.05) is 0 Å². The van der Waals surface area contributed by atoms with Crippen molar-refractivity contribution in [3.05, 3.63) is 35.6 Å². The summed E-state index contributed by atoms with van der Waals surface area (Å²) in [5, 5.41) is 11.6. The molecule has 0 aliphatic rings. The molecule has 4 heteroatoms. The second kappa shape index (κ2) is 7.98. The van der Waals surface area contributed by atoms with Crippen molar-refractivity contribution in [3.8, 4) is 6.19 Å². The van der Waals surface area contributed by atoms with Crippen LogP contribution in [0.5, 0.6) is 0 Å². The van der Waals surface area contributed by atoms with E-state index in [1.807, 2.05) is 33.3 Å². The third kappa shape index (κ3) is 5.18. The first-order chi connectivity index (χ1) is 5.43. The Kier molecular flexibility index (Phi) is 7.89. The molecule has 0 aliphatic carbocycles. The van der Waals surface area contributed by atoms with Gasteiger partial charge in [-0.2, -0.15) is 0 Å². The van der Waals surface area contributed by atoms with Crippen LogP contribution in [0.25, 0.3) is 5.32 Å². The zero-order valence-electron chi connectivity index (χ0n) is 5.51. The van der Waals surface area contributed by atoms with Crippen LogP contribution in [0.3, 0.4) is 0 Å². The molecule has 0 fully saturated rings. The molecule has 0 saturated heterocycles. The van der Waals surface area contributed by atoms with Gasteiger partial charge in [0.25, 0.3) is 0 Å². The summed E-state index contributed by atoms with van der Waals surface area (Å²) in [4.78, 5) is 0. The molecule has 0 amide bonds. The quantitative estimate of drug-likeness (QED) is 0.495. The Hall–Kier alpha value is -0.124. The predicted molar refractivity (Wildman–Crippen MR) is 49.1 cm³/mol. The molecule has 0 aromatic heterocycles. The second-order valence-corrected chi connectivity index (χ2v) is 1.55. The fourth-order valence-corrected chi connectivity index (χ4v) is 0.560. The average molecular weight is 434 g/mol. The Morgan fingerprint density at radius 3 is 2.27 bits per heavy atom. The topological polar surface area (TPSA) is 37.9 Å². The van der Waals surface area contributed by atoms with Crippen LogP contribution in [0.2, 0.25) is 0 Å². The van der Waals surface area contributed by atoms with Gasteiger partial charge in [0.05, 0.1) is 0 Å². The minimum atomic E-state index is 0.708. The van der Waals surface area contributed by atoms with Crippen molar-refractivity contribution in [1.82, 2.24) is 0 Å². The molecule has 0 spiro atoms. The molecule has 0 heterocycles. The second-order valence-electron chi connectivity index (χ2n) is 1.55. The van der Waals surface area contributed by atoms with Crippen LogP contribution in [-0.2, 0) is 15.1 Å².